The molecule has 0 saturated carbocycles. The summed E-state index contributed by atoms with van der Waals surface area (Å²) in [6, 6.07) is 1.87. The molecule has 0 amide bonds. The topological polar surface area (TPSA) is 21.3 Å². The molecule has 0 radical (unpaired) electrons. The van der Waals surface area contributed by atoms with E-state index in [-0.39, 0.29) is 6.10 Å². The fourth-order valence-corrected chi connectivity index (χ4v) is 3.30. The zero-order valence-electron chi connectivity index (χ0n) is 11.0. The van der Waals surface area contributed by atoms with Gasteiger partial charge in [0.05, 0.1) is 10.6 Å². The summed E-state index contributed by atoms with van der Waals surface area (Å²) in [4.78, 5) is 0. The Balaban J connectivity index is 1.83. The molecule has 2 saturated heterocycles. The third kappa shape index (κ3) is 3.11. The number of ether oxygens (including phenoxy) is 1. The quantitative estimate of drug-likeness (QED) is 0.825. The van der Waals surface area contributed by atoms with Crippen LogP contribution in [0.15, 0.2) is 12.1 Å². The Morgan fingerprint density at radius 3 is 2.33 bits per heavy atom. The van der Waals surface area contributed by atoms with E-state index in [1.807, 2.05) is 0 Å². The van der Waals surface area contributed by atoms with Crippen LogP contribution in [0.4, 0.5) is 17.6 Å². The molecule has 3 atom stereocenters. The summed E-state index contributed by atoms with van der Waals surface area (Å²) < 4.78 is 57.6. The van der Waals surface area contributed by atoms with Gasteiger partial charge in [-0.2, -0.15) is 13.2 Å². The fraction of sp³-hybridized carbons (Fsp3) is 0.571. The lowest BCUT2D eigenvalue weighted by Gasteiger charge is -2.29. The van der Waals surface area contributed by atoms with Gasteiger partial charge in [-0.05, 0) is 37.8 Å². The summed E-state index contributed by atoms with van der Waals surface area (Å²) in [5.74, 6) is -1.35. The van der Waals surface area contributed by atoms with Crippen LogP contribution in [0.25, 0.3) is 0 Å². The second-order valence-corrected chi connectivity index (χ2v) is 6.02. The van der Waals surface area contributed by atoms with Crippen LogP contribution in [-0.4, -0.2) is 18.2 Å². The molecule has 7 heteroatoms. The number of rotatable bonds is 2. The molecule has 0 aromatic heterocycles. The Hall–Kier alpha value is -1.01. The highest BCUT2D eigenvalue weighted by Crippen LogP contribution is 2.38. The molecular weight excluding hydrogens is 310 g/mol. The average Bonchev–Trinajstić information content (AvgIpc) is 2.73. The Bertz CT molecular complexity index is 537. The van der Waals surface area contributed by atoms with Gasteiger partial charge in [0, 0.05) is 12.1 Å². The number of hydrogen-bond acceptors (Lipinski definition) is 2. The van der Waals surface area contributed by atoms with E-state index in [0.717, 1.165) is 12.8 Å². The number of fused-ring (bicyclic) bond motifs is 2. The predicted octanol–water partition coefficient (Wildman–Crippen LogP) is 4.16. The Kier molecular flexibility index (Phi) is 3.78. The monoisotopic (exact) mass is 323 g/mol. The number of benzene rings is 1. The van der Waals surface area contributed by atoms with Crippen molar-refractivity contribution in [3.05, 3.63) is 28.5 Å². The Labute approximate surface area is 124 Å². The zero-order valence-corrected chi connectivity index (χ0v) is 11.8. The molecule has 2 aliphatic rings. The second-order valence-electron chi connectivity index (χ2n) is 5.62. The Morgan fingerprint density at radius 2 is 1.76 bits per heavy atom. The molecule has 2 heterocycles. The molecule has 1 aromatic carbocycles. The minimum absolute atomic E-state index is 0.280. The van der Waals surface area contributed by atoms with E-state index in [0.29, 0.717) is 37.1 Å². The molecular formula is C14H14ClF4NO. The van der Waals surface area contributed by atoms with Crippen LogP contribution in [0.5, 0.6) is 5.75 Å². The molecule has 21 heavy (non-hydrogen) atoms. The number of halogens is 5. The first kappa shape index (κ1) is 14.9. The maximum Gasteiger partial charge on any atom is 0.416 e. The minimum atomic E-state index is -4.58. The fourth-order valence-electron chi connectivity index (χ4n) is 3.09. The molecule has 1 N–H and O–H groups in total. The van der Waals surface area contributed by atoms with Crippen LogP contribution in [-0.2, 0) is 6.18 Å². The third-order valence-corrected chi connectivity index (χ3v) is 4.32. The number of hydrogen-bond donors (Lipinski definition) is 1. The number of alkyl halides is 3. The normalized spacial score (nSPS) is 28.7. The number of nitrogens with one attached hydrogen (secondary N) is 1. The van der Waals surface area contributed by atoms with Crippen LogP contribution in [0.2, 0.25) is 5.02 Å². The van der Waals surface area contributed by atoms with Crippen molar-refractivity contribution in [1.29, 1.82) is 0 Å². The molecule has 1 aromatic rings. The van der Waals surface area contributed by atoms with Crippen molar-refractivity contribution in [2.24, 2.45) is 0 Å². The van der Waals surface area contributed by atoms with Crippen molar-refractivity contribution in [2.75, 3.05) is 0 Å². The summed E-state index contributed by atoms with van der Waals surface area (Å²) >= 11 is 5.55. The molecule has 1 unspecified atom stereocenters. The van der Waals surface area contributed by atoms with Gasteiger partial charge in [0.25, 0.3) is 0 Å². The van der Waals surface area contributed by atoms with Gasteiger partial charge in [-0.25, -0.2) is 4.39 Å². The molecule has 116 valence electrons. The molecule has 2 bridgehead atoms. The lowest BCUT2D eigenvalue weighted by Crippen LogP contribution is -2.42. The van der Waals surface area contributed by atoms with E-state index in [4.69, 9.17) is 16.3 Å². The first-order valence-electron chi connectivity index (χ1n) is 6.82. The Morgan fingerprint density at radius 1 is 1.14 bits per heavy atom. The van der Waals surface area contributed by atoms with Gasteiger partial charge in [-0.15, -0.1) is 0 Å². The van der Waals surface area contributed by atoms with Crippen LogP contribution >= 0.6 is 11.6 Å². The van der Waals surface area contributed by atoms with Crippen molar-refractivity contribution in [3.63, 3.8) is 0 Å². The van der Waals surface area contributed by atoms with Gasteiger partial charge in [-0.3, -0.25) is 0 Å². The van der Waals surface area contributed by atoms with Crippen LogP contribution in [0.3, 0.4) is 0 Å². The first-order valence-corrected chi connectivity index (χ1v) is 7.19. The summed E-state index contributed by atoms with van der Waals surface area (Å²) in [6.07, 6.45) is -1.47. The second kappa shape index (κ2) is 5.32. The van der Waals surface area contributed by atoms with Crippen LogP contribution in [0, 0.1) is 5.82 Å². The van der Waals surface area contributed by atoms with Crippen molar-refractivity contribution in [1.82, 2.24) is 5.32 Å². The summed E-state index contributed by atoms with van der Waals surface area (Å²) in [6.45, 7) is 0. The average molecular weight is 324 g/mol. The molecule has 2 nitrogen and oxygen atoms in total. The SMILES string of the molecule is Fc1c(Cl)cc(C(F)(F)F)cc1O[C@H]1CC2CC[C@@H](C1)N2. The summed E-state index contributed by atoms with van der Waals surface area (Å²) in [5.41, 5.74) is -0.999. The number of piperidine rings is 1. The van der Waals surface area contributed by atoms with E-state index in [9.17, 15) is 17.6 Å². The summed E-state index contributed by atoms with van der Waals surface area (Å²) in [7, 11) is 0. The van der Waals surface area contributed by atoms with Gasteiger partial charge < -0.3 is 10.1 Å². The van der Waals surface area contributed by atoms with Crippen LogP contribution in [0.1, 0.15) is 31.2 Å². The van der Waals surface area contributed by atoms with Crippen molar-refractivity contribution >= 4 is 11.6 Å². The highest BCUT2D eigenvalue weighted by molar-refractivity contribution is 6.31. The maximum absolute atomic E-state index is 13.9. The van der Waals surface area contributed by atoms with E-state index in [1.54, 1.807) is 0 Å². The van der Waals surface area contributed by atoms with Gasteiger partial charge in [0.1, 0.15) is 6.10 Å². The lowest BCUT2D eigenvalue weighted by molar-refractivity contribution is -0.137. The third-order valence-electron chi connectivity index (χ3n) is 4.05. The lowest BCUT2D eigenvalue weighted by atomic mass is 10.0. The highest BCUT2D eigenvalue weighted by Gasteiger charge is 2.36. The van der Waals surface area contributed by atoms with Crippen molar-refractivity contribution in [3.8, 4) is 5.75 Å². The zero-order chi connectivity index (χ0) is 15.2. The van der Waals surface area contributed by atoms with E-state index in [1.165, 1.54) is 0 Å². The standard InChI is InChI=1S/C14H14ClF4NO/c15-11-3-7(14(17,18)19)4-12(13(11)16)21-10-5-8-1-2-9(6-10)20-8/h3-4,8-10,20H,1-2,5-6H2/t8-,9?,10+/m0/s1. The van der Waals surface area contributed by atoms with E-state index in [2.05, 4.69) is 5.32 Å². The highest BCUT2D eigenvalue weighted by atomic mass is 35.5. The van der Waals surface area contributed by atoms with Gasteiger partial charge in [-0.1, -0.05) is 11.6 Å². The van der Waals surface area contributed by atoms with Gasteiger partial charge in [0.2, 0.25) is 0 Å². The molecule has 0 aliphatic carbocycles. The first-order chi connectivity index (χ1) is 9.83. The molecule has 2 fully saturated rings. The summed E-state index contributed by atoms with van der Waals surface area (Å²) in [5, 5.41) is 2.82. The smallest absolute Gasteiger partial charge is 0.416 e. The largest absolute Gasteiger partial charge is 0.487 e. The molecule has 2 aliphatic heterocycles. The minimum Gasteiger partial charge on any atom is -0.487 e. The van der Waals surface area contributed by atoms with E-state index >= 15 is 0 Å². The van der Waals surface area contributed by atoms with Crippen molar-refractivity contribution < 1.29 is 22.3 Å². The van der Waals surface area contributed by atoms with Gasteiger partial charge in [0.15, 0.2) is 11.6 Å². The van der Waals surface area contributed by atoms with E-state index < -0.39 is 28.3 Å². The maximum atomic E-state index is 13.9. The van der Waals surface area contributed by atoms with Crippen LogP contribution < -0.4 is 10.1 Å². The molecule has 0 spiro atoms. The van der Waals surface area contributed by atoms with Gasteiger partial charge >= 0.3 is 6.18 Å². The molecule has 3 rings (SSSR count). The predicted molar refractivity (Wildman–Crippen MR) is 70.0 cm³/mol. The van der Waals surface area contributed by atoms with Crippen molar-refractivity contribution in [2.45, 2.75) is 50.0 Å².